The lowest BCUT2D eigenvalue weighted by molar-refractivity contribution is -0.161. The van der Waals surface area contributed by atoms with Crippen LogP contribution in [0.5, 0.6) is 0 Å². The second kappa shape index (κ2) is 41.1. The minimum atomic E-state index is -0.768. The highest BCUT2D eigenvalue weighted by molar-refractivity contribution is 5.70. The molecule has 0 aliphatic carbocycles. The van der Waals surface area contributed by atoms with Crippen molar-refractivity contribution in [1.29, 1.82) is 0 Å². The number of ether oxygens (including phenoxy) is 2. The summed E-state index contributed by atoms with van der Waals surface area (Å²) in [4.78, 5) is 24.3. The van der Waals surface area contributed by atoms with Gasteiger partial charge < -0.3 is 14.6 Å². The van der Waals surface area contributed by atoms with Crippen molar-refractivity contribution in [3.8, 4) is 0 Å². The fourth-order valence-electron chi connectivity index (χ4n) is 6.49. The third-order valence-electron chi connectivity index (χ3n) is 9.81. The van der Waals surface area contributed by atoms with Gasteiger partial charge in [0, 0.05) is 12.8 Å². The van der Waals surface area contributed by atoms with E-state index in [4.69, 9.17) is 9.47 Å². The highest BCUT2D eigenvalue weighted by Crippen LogP contribution is 2.16. The van der Waals surface area contributed by atoms with Crippen LogP contribution in [0.15, 0.2) is 12.2 Å². The fraction of sp³-hybridized carbons (Fsp3) is 0.909. The smallest absolute Gasteiger partial charge is 0.306 e. The Bertz CT molecular complexity index is 705. The van der Waals surface area contributed by atoms with E-state index >= 15 is 0 Å². The van der Waals surface area contributed by atoms with Crippen LogP contribution in [-0.2, 0) is 19.1 Å². The molecule has 0 heterocycles. The Balaban J connectivity index is 3.48. The van der Waals surface area contributed by atoms with Gasteiger partial charge in [-0.1, -0.05) is 199 Å². The molecule has 49 heavy (non-hydrogen) atoms. The van der Waals surface area contributed by atoms with Crippen molar-refractivity contribution in [1.82, 2.24) is 0 Å². The Morgan fingerprint density at radius 2 is 0.755 bits per heavy atom. The third-order valence-corrected chi connectivity index (χ3v) is 9.81. The average Bonchev–Trinajstić information content (AvgIpc) is 3.10. The van der Waals surface area contributed by atoms with E-state index in [1.54, 1.807) is 0 Å². The van der Waals surface area contributed by atoms with Gasteiger partial charge in [0.1, 0.15) is 6.61 Å². The van der Waals surface area contributed by atoms with Crippen LogP contribution >= 0.6 is 0 Å². The summed E-state index contributed by atoms with van der Waals surface area (Å²) in [6, 6.07) is 0. The van der Waals surface area contributed by atoms with Gasteiger partial charge in [0.25, 0.3) is 0 Å². The summed E-state index contributed by atoms with van der Waals surface area (Å²) in [5.41, 5.74) is 0. The Morgan fingerprint density at radius 1 is 0.449 bits per heavy atom. The number of esters is 2. The molecule has 1 atom stereocenters. The van der Waals surface area contributed by atoms with E-state index < -0.39 is 6.10 Å². The summed E-state index contributed by atoms with van der Waals surface area (Å²) >= 11 is 0. The largest absolute Gasteiger partial charge is 0.462 e. The number of hydrogen-bond donors (Lipinski definition) is 1. The number of carbonyl (C=O) groups excluding carboxylic acids is 2. The molecule has 0 radical (unpaired) electrons. The second-order valence-electron chi connectivity index (χ2n) is 14.8. The predicted octanol–water partition coefficient (Wildman–Crippen LogP) is 13.7. The van der Waals surface area contributed by atoms with E-state index in [9.17, 15) is 14.7 Å². The molecule has 5 nitrogen and oxygen atoms in total. The molecular weight excluding hydrogens is 608 g/mol. The maximum atomic E-state index is 12.2. The zero-order valence-corrected chi connectivity index (χ0v) is 33.0. The van der Waals surface area contributed by atoms with Crippen molar-refractivity contribution < 1.29 is 24.2 Å². The number of rotatable bonds is 40. The number of aliphatic hydroxyl groups is 1. The standard InChI is InChI=1S/C44H84O5/c1-3-5-7-9-11-13-15-17-19-20-21-22-23-24-25-27-29-31-33-35-37-39-44(47)49-42(40-45)41-48-43(46)38-36-34-32-30-28-26-18-16-14-12-10-8-6-4-2/h16,18,42,45H,3-15,17,19-41H2,1-2H3/b18-16+/t42-/m0/s1. The minimum absolute atomic E-state index is 0.0642. The highest BCUT2D eigenvalue weighted by atomic mass is 16.6. The van der Waals surface area contributed by atoms with E-state index in [1.165, 1.54) is 167 Å². The van der Waals surface area contributed by atoms with Gasteiger partial charge in [-0.3, -0.25) is 9.59 Å². The topological polar surface area (TPSA) is 72.8 Å². The first-order valence-electron chi connectivity index (χ1n) is 21.7. The Kier molecular flexibility index (Phi) is 39.9. The van der Waals surface area contributed by atoms with E-state index in [2.05, 4.69) is 26.0 Å². The molecule has 0 spiro atoms. The third kappa shape index (κ3) is 39.3. The van der Waals surface area contributed by atoms with Gasteiger partial charge in [-0.05, 0) is 38.5 Å². The summed E-state index contributed by atoms with van der Waals surface area (Å²) in [5, 5.41) is 9.57. The quantitative estimate of drug-likeness (QED) is 0.0393. The first-order valence-corrected chi connectivity index (χ1v) is 21.7. The number of unbranched alkanes of at least 4 members (excludes halogenated alkanes) is 30. The van der Waals surface area contributed by atoms with Crippen molar-refractivity contribution in [3.63, 3.8) is 0 Å². The number of allylic oxidation sites excluding steroid dienone is 2. The van der Waals surface area contributed by atoms with Crippen LogP contribution < -0.4 is 0 Å². The number of carbonyl (C=O) groups is 2. The Morgan fingerprint density at radius 3 is 1.10 bits per heavy atom. The summed E-state index contributed by atoms with van der Waals surface area (Å²) in [7, 11) is 0. The number of hydrogen-bond acceptors (Lipinski definition) is 5. The van der Waals surface area contributed by atoms with Crippen LogP contribution in [0, 0.1) is 0 Å². The maximum Gasteiger partial charge on any atom is 0.306 e. The normalized spacial score (nSPS) is 12.1. The molecular formula is C44H84O5. The molecule has 1 N–H and O–H groups in total. The van der Waals surface area contributed by atoms with Gasteiger partial charge in [0.2, 0.25) is 0 Å². The van der Waals surface area contributed by atoms with Crippen LogP contribution in [-0.4, -0.2) is 36.4 Å². The molecule has 0 aliphatic heterocycles. The molecule has 0 aromatic carbocycles. The van der Waals surface area contributed by atoms with E-state index in [-0.39, 0.29) is 25.2 Å². The predicted molar refractivity (Wildman–Crippen MR) is 210 cm³/mol. The van der Waals surface area contributed by atoms with Crippen molar-refractivity contribution in [2.24, 2.45) is 0 Å². The summed E-state index contributed by atoms with van der Waals surface area (Å²) in [6.07, 6.45) is 47.1. The Hall–Kier alpha value is -1.36. The molecule has 0 rings (SSSR count). The molecule has 0 aromatic rings. The van der Waals surface area contributed by atoms with Crippen molar-refractivity contribution >= 4 is 11.9 Å². The lowest BCUT2D eigenvalue weighted by atomic mass is 10.0. The van der Waals surface area contributed by atoms with Crippen molar-refractivity contribution in [2.45, 2.75) is 245 Å². The molecule has 0 unspecified atom stereocenters. The van der Waals surface area contributed by atoms with Crippen LogP contribution in [0.2, 0.25) is 0 Å². The zero-order chi connectivity index (χ0) is 35.7. The summed E-state index contributed by atoms with van der Waals surface area (Å²) in [5.74, 6) is -0.588. The minimum Gasteiger partial charge on any atom is -0.462 e. The molecule has 0 aliphatic rings. The van der Waals surface area contributed by atoms with Crippen LogP contribution in [0.4, 0.5) is 0 Å². The number of aliphatic hydroxyl groups excluding tert-OH is 1. The highest BCUT2D eigenvalue weighted by Gasteiger charge is 2.16. The van der Waals surface area contributed by atoms with Gasteiger partial charge in [-0.15, -0.1) is 0 Å². The Labute approximate surface area is 305 Å². The molecule has 0 amide bonds. The molecule has 0 bridgehead atoms. The molecule has 5 heteroatoms. The molecule has 0 fully saturated rings. The van der Waals surface area contributed by atoms with E-state index in [1.807, 2.05) is 0 Å². The van der Waals surface area contributed by atoms with Crippen molar-refractivity contribution in [2.75, 3.05) is 13.2 Å². The monoisotopic (exact) mass is 693 g/mol. The maximum absolute atomic E-state index is 12.2. The van der Waals surface area contributed by atoms with Gasteiger partial charge in [-0.25, -0.2) is 0 Å². The fourth-order valence-corrected chi connectivity index (χ4v) is 6.49. The SMILES string of the molecule is CCCCCCC/C=C/CCCCCCCC(=O)OC[C@H](CO)OC(=O)CCCCCCCCCCCCCCCCCCCCCCC. The van der Waals surface area contributed by atoms with Gasteiger partial charge in [-0.2, -0.15) is 0 Å². The zero-order valence-electron chi connectivity index (χ0n) is 33.0. The molecule has 0 saturated heterocycles. The van der Waals surface area contributed by atoms with Gasteiger partial charge >= 0.3 is 11.9 Å². The van der Waals surface area contributed by atoms with Crippen LogP contribution in [0.1, 0.15) is 239 Å². The first kappa shape index (κ1) is 47.6. The summed E-state index contributed by atoms with van der Waals surface area (Å²) < 4.78 is 10.6. The second-order valence-corrected chi connectivity index (χ2v) is 14.8. The van der Waals surface area contributed by atoms with E-state index in [0.29, 0.717) is 12.8 Å². The summed E-state index contributed by atoms with van der Waals surface area (Å²) in [6.45, 7) is 4.15. The molecule has 0 saturated carbocycles. The van der Waals surface area contributed by atoms with Gasteiger partial charge in [0.15, 0.2) is 6.10 Å². The van der Waals surface area contributed by atoms with Crippen LogP contribution in [0.25, 0.3) is 0 Å². The molecule has 0 aromatic heterocycles. The lowest BCUT2D eigenvalue weighted by Gasteiger charge is -2.15. The van der Waals surface area contributed by atoms with E-state index in [0.717, 1.165) is 44.9 Å². The average molecular weight is 693 g/mol. The molecule has 290 valence electrons. The van der Waals surface area contributed by atoms with Crippen LogP contribution in [0.3, 0.4) is 0 Å². The lowest BCUT2D eigenvalue weighted by Crippen LogP contribution is -2.28. The first-order chi connectivity index (χ1) is 24.1. The van der Waals surface area contributed by atoms with Crippen molar-refractivity contribution in [3.05, 3.63) is 12.2 Å². The van der Waals surface area contributed by atoms with Gasteiger partial charge in [0.05, 0.1) is 6.61 Å².